The van der Waals surface area contributed by atoms with Crippen LogP contribution in [-0.2, 0) is 0 Å². The van der Waals surface area contributed by atoms with Gasteiger partial charge in [0.2, 0.25) is 0 Å². The van der Waals surface area contributed by atoms with Gasteiger partial charge in [0, 0.05) is 82.5 Å². The fourth-order valence-corrected chi connectivity index (χ4v) is 5.47. The van der Waals surface area contributed by atoms with Gasteiger partial charge in [0.1, 0.15) is 0 Å². The van der Waals surface area contributed by atoms with E-state index in [0.29, 0.717) is 0 Å². The summed E-state index contributed by atoms with van der Waals surface area (Å²) in [7, 11) is 0. The molecule has 0 radical (unpaired) electrons. The van der Waals surface area contributed by atoms with E-state index in [1.54, 1.807) is 0 Å². The minimum atomic E-state index is 0.191. The Hall–Kier alpha value is -3.26. The van der Waals surface area contributed by atoms with Crippen molar-refractivity contribution >= 4 is 22.9 Å². The van der Waals surface area contributed by atoms with Crippen LogP contribution in [0.3, 0.4) is 0 Å². The van der Waals surface area contributed by atoms with Crippen LogP contribution in [-0.4, -0.2) is 90.4 Å². The number of nitrogens with one attached hydrogen (secondary N) is 1. The molecule has 3 aliphatic rings. The zero-order valence-electron chi connectivity index (χ0n) is 19.2. The summed E-state index contributed by atoms with van der Waals surface area (Å²) >= 11 is 0. The van der Waals surface area contributed by atoms with Gasteiger partial charge < -0.3 is 24.9 Å². The highest BCUT2D eigenvalue weighted by molar-refractivity contribution is 5.81. The van der Waals surface area contributed by atoms with Crippen LogP contribution in [0.1, 0.15) is 6.92 Å². The number of likely N-dealkylation sites (N-methyl/N-ethyl adjacent to an activating group) is 1. The molecule has 8 nitrogen and oxygen atoms in total. The van der Waals surface area contributed by atoms with E-state index in [9.17, 15) is 4.79 Å². The van der Waals surface area contributed by atoms with Crippen molar-refractivity contribution in [2.24, 2.45) is 0 Å². The van der Waals surface area contributed by atoms with Crippen molar-refractivity contribution in [1.82, 2.24) is 24.7 Å². The van der Waals surface area contributed by atoms with Gasteiger partial charge in [0.05, 0.1) is 17.2 Å². The zero-order chi connectivity index (χ0) is 22.4. The average molecular weight is 446 g/mol. The van der Waals surface area contributed by atoms with Gasteiger partial charge in [-0.05, 0) is 36.8 Å². The largest absolute Gasteiger partial charge is 0.369 e. The maximum Gasteiger partial charge on any atom is 0.320 e. The van der Waals surface area contributed by atoms with Crippen LogP contribution in [0.4, 0.5) is 16.2 Å². The molecule has 1 atom stereocenters. The lowest BCUT2D eigenvalue weighted by Gasteiger charge is -2.37. The van der Waals surface area contributed by atoms with Gasteiger partial charge in [-0.1, -0.05) is 12.1 Å². The SMILES string of the molecule is CCN1CC2CN(c3ccnn4cc(-c5ccc(N6CCNCC6)cc5)cc34)CCN2C1=O. The zero-order valence-corrected chi connectivity index (χ0v) is 19.2. The molecule has 8 heteroatoms. The summed E-state index contributed by atoms with van der Waals surface area (Å²) < 4.78 is 1.99. The molecule has 5 heterocycles. The predicted molar refractivity (Wildman–Crippen MR) is 131 cm³/mol. The van der Waals surface area contributed by atoms with E-state index in [-0.39, 0.29) is 12.1 Å². The minimum Gasteiger partial charge on any atom is -0.369 e. The van der Waals surface area contributed by atoms with Crippen molar-refractivity contribution in [1.29, 1.82) is 0 Å². The molecular weight excluding hydrogens is 414 g/mol. The molecule has 33 heavy (non-hydrogen) atoms. The Morgan fingerprint density at radius 1 is 0.970 bits per heavy atom. The van der Waals surface area contributed by atoms with Gasteiger partial charge in [0.15, 0.2) is 0 Å². The normalized spacial score (nSPS) is 21.2. The van der Waals surface area contributed by atoms with E-state index in [0.717, 1.165) is 64.4 Å². The highest BCUT2D eigenvalue weighted by Crippen LogP contribution is 2.31. The van der Waals surface area contributed by atoms with Gasteiger partial charge in [-0.25, -0.2) is 9.31 Å². The smallest absolute Gasteiger partial charge is 0.320 e. The summed E-state index contributed by atoms with van der Waals surface area (Å²) in [5, 5.41) is 7.99. The van der Waals surface area contributed by atoms with Gasteiger partial charge >= 0.3 is 6.03 Å². The number of piperazine rings is 2. The molecule has 2 aromatic heterocycles. The first-order valence-corrected chi connectivity index (χ1v) is 12.1. The van der Waals surface area contributed by atoms with Crippen molar-refractivity contribution in [3.8, 4) is 11.1 Å². The van der Waals surface area contributed by atoms with E-state index in [4.69, 9.17) is 0 Å². The third-order valence-corrected chi connectivity index (χ3v) is 7.32. The minimum absolute atomic E-state index is 0.191. The molecule has 172 valence electrons. The van der Waals surface area contributed by atoms with Crippen LogP contribution in [0.25, 0.3) is 16.6 Å². The number of hydrogen-bond donors (Lipinski definition) is 1. The van der Waals surface area contributed by atoms with Crippen molar-refractivity contribution in [3.05, 3.63) is 48.8 Å². The van der Waals surface area contributed by atoms with Crippen LogP contribution in [0.15, 0.2) is 48.8 Å². The Labute approximate surface area is 194 Å². The fraction of sp³-hybridized carbons (Fsp3) is 0.440. The van der Waals surface area contributed by atoms with Gasteiger partial charge in [-0.3, -0.25) is 0 Å². The van der Waals surface area contributed by atoms with Crippen LogP contribution in [0.2, 0.25) is 0 Å². The third-order valence-electron chi connectivity index (χ3n) is 7.32. The highest BCUT2D eigenvalue weighted by Gasteiger charge is 2.40. The topological polar surface area (TPSA) is 59.4 Å². The number of aromatic nitrogens is 2. The molecular formula is C25H31N7O. The Balaban J connectivity index is 1.25. The number of hydrogen-bond acceptors (Lipinski definition) is 5. The number of anilines is 2. The summed E-state index contributed by atoms with van der Waals surface area (Å²) in [5.41, 5.74) is 5.97. The molecule has 6 rings (SSSR count). The molecule has 3 aliphatic heterocycles. The lowest BCUT2D eigenvalue weighted by atomic mass is 10.1. The molecule has 0 bridgehead atoms. The molecule has 0 saturated carbocycles. The fourth-order valence-electron chi connectivity index (χ4n) is 5.47. The second-order valence-corrected chi connectivity index (χ2v) is 9.17. The van der Waals surface area contributed by atoms with Crippen molar-refractivity contribution < 1.29 is 4.79 Å². The molecule has 0 spiro atoms. The predicted octanol–water partition coefficient (Wildman–Crippen LogP) is 2.36. The lowest BCUT2D eigenvalue weighted by molar-refractivity contribution is 0.184. The molecule has 3 aromatic rings. The van der Waals surface area contributed by atoms with E-state index in [1.807, 2.05) is 20.5 Å². The standard InChI is InChI=1S/C25H31N7O/c1-2-28-17-22-18-30(13-14-31(22)25(28)33)23-7-8-27-32-16-20(15-24(23)32)19-3-5-21(6-4-19)29-11-9-26-10-12-29/h3-8,15-16,22,26H,2,9-14,17-18H2,1H3. The van der Waals surface area contributed by atoms with Gasteiger partial charge in [-0.2, -0.15) is 5.10 Å². The number of amides is 2. The van der Waals surface area contributed by atoms with Crippen LogP contribution >= 0.6 is 0 Å². The molecule has 1 N–H and O–H groups in total. The monoisotopic (exact) mass is 445 g/mol. The lowest BCUT2D eigenvalue weighted by Crippen LogP contribution is -2.52. The second-order valence-electron chi connectivity index (χ2n) is 9.17. The number of nitrogens with zero attached hydrogens (tertiary/aromatic N) is 6. The van der Waals surface area contributed by atoms with Crippen LogP contribution in [0, 0.1) is 0 Å². The number of benzene rings is 1. The highest BCUT2D eigenvalue weighted by atomic mass is 16.2. The molecule has 1 unspecified atom stereocenters. The Morgan fingerprint density at radius 2 is 1.79 bits per heavy atom. The first-order chi connectivity index (χ1) is 16.2. The van der Waals surface area contributed by atoms with Crippen LogP contribution in [0.5, 0.6) is 0 Å². The maximum absolute atomic E-state index is 12.5. The Kier molecular flexibility index (Phi) is 5.10. The van der Waals surface area contributed by atoms with Crippen molar-refractivity contribution in [2.75, 3.05) is 68.7 Å². The van der Waals surface area contributed by atoms with E-state index in [1.165, 1.54) is 22.5 Å². The van der Waals surface area contributed by atoms with Gasteiger partial charge in [-0.15, -0.1) is 0 Å². The van der Waals surface area contributed by atoms with E-state index < -0.39 is 0 Å². The van der Waals surface area contributed by atoms with E-state index in [2.05, 4.69) is 69.7 Å². The number of fused-ring (bicyclic) bond motifs is 2. The molecule has 3 fully saturated rings. The number of carbonyl (C=O) groups excluding carboxylic acids is 1. The molecule has 2 amide bonds. The average Bonchev–Trinajstić information content (AvgIpc) is 3.45. The summed E-state index contributed by atoms with van der Waals surface area (Å²) in [5.74, 6) is 0. The molecule has 3 saturated heterocycles. The van der Waals surface area contributed by atoms with Crippen molar-refractivity contribution in [2.45, 2.75) is 13.0 Å². The maximum atomic E-state index is 12.5. The summed E-state index contributed by atoms with van der Waals surface area (Å²) in [6.07, 6.45) is 4.00. The number of urea groups is 1. The van der Waals surface area contributed by atoms with Crippen LogP contribution < -0.4 is 15.1 Å². The van der Waals surface area contributed by atoms with E-state index >= 15 is 0 Å². The summed E-state index contributed by atoms with van der Waals surface area (Å²) in [6.45, 7) is 10.3. The Morgan fingerprint density at radius 3 is 2.58 bits per heavy atom. The molecule has 0 aliphatic carbocycles. The first kappa shape index (κ1) is 20.4. The Bertz CT molecular complexity index is 1150. The second kappa shape index (κ2) is 8.26. The summed E-state index contributed by atoms with van der Waals surface area (Å²) in [4.78, 5) is 21.4. The number of rotatable bonds is 4. The van der Waals surface area contributed by atoms with Gasteiger partial charge in [0.25, 0.3) is 0 Å². The third kappa shape index (κ3) is 3.58. The quantitative estimate of drug-likeness (QED) is 0.668. The number of carbonyl (C=O) groups is 1. The van der Waals surface area contributed by atoms with Crippen molar-refractivity contribution in [3.63, 3.8) is 0 Å². The molecule has 1 aromatic carbocycles. The first-order valence-electron chi connectivity index (χ1n) is 12.1. The summed E-state index contributed by atoms with van der Waals surface area (Å²) in [6, 6.07) is 13.7.